The maximum atomic E-state index is 13.5. The molecule has 0 radical (unpaired) electrons. The van der Waals surface area contributed by atoms with E-state index in [1.54, 1.807) is 12.1 Å². The molecule has 1 amide bonds. The number of anilines is 1. The Bertz CT molecular complexity index is 684. The van der Waals surface area contributed by atoms with Gasteiger partial charge in [-0.1, -0.05) is 0 Å². The average Bonchev–Trinajstić information content (AvgIpc) is 2.49. The van der Waals surface area contributed by atoms with Gasteiger partial charge >= 0.3 is 5.97 Å². The molecule has 0 atom stereocenters. The Balaban J connectivity index is 2.21. The maximum absolute atomic E-state index is 13.5. The van der Waals surface area contributed by atoms with Crippen LogP contribution in [0.25, 0.3) is 0 Å². The lowest BCUT2D eigenvalue weighted by Gasteiger charge is -2.07. The van der Waals surface area contributed by atoms with Gasteiger partial charge in [0.25, 0.3) is 5.91 Å². The van der Waals surface area contributed by atoms with Crippen LogP contribution >= 0.6 is 0 Å². The number of carbonyl (C=O) groups excluding carboxylic acids is 2. The second-order valence-electron chi connectivity index (χ2n) is 4.33. The fraction of sp³-hybridized carbons (Fsp3) is 0.133. The van der Waals surface area contributed by atoms with Crippen molar-refractivity contribution in [2.75, 3.05) is 12.4 Å². The minimum absolute atomic E-state index is 0.239. The van der Waals surface area contributed by atoms with Crippen LogP contribution in [0.1, 0.15) is 26.4 Å². The molecule has 0 bridgehead atoms. The molecule has 21 heavy (non-hydrogen) atoms. The van der Waals surface area contributed by atoms with E-state index in [1.165, 1.54) is 18.3 Å². The molecule has 6 heteroatoms. The molecule has 2 aromatic rings. The summed E-state index contributed by atoms with van der Waals surface area (Å²) in [5, 5.41) is 2.57. The lowest BCUT2D eigenvalue weighted by atomic mass is 10.1. The number of rotatable bonds is 3. The molecule has 1 aromatic heterocycles. The van der Waals surface area contributed by atoms with Crippen molar-refractivity contribution >= 4 is 17.6 Å². The summed E-state index contributed by atoms with van der Waals surface area (Å²) in [5.74, 6) is -1.91. The first-order valence-electron chi connectivity index (χ1n) is 6.13. The first-order chi connectivity index (χ1) is 10.0. The first-order valence-corrected chi connectivity index (χ1v) is 6.13. The molecule has 0 saturated carbocycles. The predicted molar refractivity (Wildman–Crippen MR) is 74.7 cm³/mol. The van der Waals surface area contributed by atoms with Crippen molar-refractivity contribution < 1.29 is 18.7 Å². The zero-order valence-electron chi connectivity index (χ0n) is 11.5. The molecule has 0 fully saturated rings. The minimum atomic E-state index is -0.805. The smallest absolute Gasteiger partial charge is 0.340 e. The van der Waals surface area contributed by atoms with Gasteiger partial charge in [0, 0.05) is 17.6 Å². The zero-order chi connectivity index (χ0) is 15.4. The maximum Gasteiger partial charge on any atom is 0.340 e. The summed E-state index contributed by atoms with van der Waals surface area (Å²) in [6.45, 7) is 1.81. The number of esters is 1. The molecule has 108 valence electrons. The van der Waals surface area contributed by atoms with Crippen molar-refractivity contribution in [1.82, 2.24) is 4.98 Å². The Morgan fingerprint density at radius 1 is 1.24 bits per heavy atom. The van der Waals surface area contributed by atoms with E-state index < -0.39 is 17.7 Å². The van der Waals surface area contributed by atoms with Crippen molar-refractivity contribution in [2.24, 2.45) is 0 Å². The monoisotopic (exact) mass is 288 g/mol. The number of aromatic nitrogens is 1. The number of pyridine rings is 1. The van der Waals surface area contributed by atoms with Crippen LogP contribution in [0.15, 0.2) is 36.5 Å². The number of carbonyl (C=O) groups is 2. The summed E-state index contributed by atoms with van der Waals surface area (Å²) >= 11 is 0. The molecule has 1 heterocycles. The Morgan fingerprint density at radius 3 is 2.62 bits per heavy atom. The number of nitrogens with zero attached hydrogens (tertiary/aromatic N) is 1. The molecule has 0 unspecified atom stereocenters. The van der Waals surface area contributed by atoms with E-state index in [9.17, 15) is 14.0 Å². The van der Waals surface area contributed by atoms with Gasteiger partial charge in [-0.3, -0.25) is 9.78 Å². The molecule has 5 nitrogen and oxygen atoms in total. The number of aryl methyl sites for hydroxylation is 1. The summed E-state index contributed by atoms with van der Waals surface area (Å²) < 4.78 is 18.0. The van der Waals surface area contributed by atoms with E-state index in [0.29, 0.717) is 11.3 Å². The molecule has 0 spiro atoms. The molecular formula is C15H13FN2O3. The molecular weight excluding hydrogens is 275 g/mol. The Hall–Kier alpha value is -2.76. The van der Waals surface area contributed by atoms with Gasteiger partial charge in [-0.25, -0.2) is 9.18 Å². The lowest BCUT2D eigenvalue weighted by molar-refractivity contribution is 0.0595. The fourth-order valence-electron chi connectivity index (χ4n) is 1.67. The Labute approximate surface area is 120 Å². The van der Waals surface area contributed by atoms with E-state index >= 15 is 0 Å². The first kappa shape index (κ1) is 14.6. The second-order valence-corrected chi connectivity index (χ2v) is 4.33. The Kier molecular flexibility index (Phi) is 4.27. The predicted octanol–water partition coefficient (Wildman–Crippen LogP) is 2.57. The number of amides is 1. The van der Waals surface area contributed by atoms with Gasteiger partial charge in [0.2, 0.25) is 0 Å². The number of hydrogen-bond donors (Lipinski definition) is 1. The highest BCUT2D eigenvalue weighted by atomic mass is 19.1. The van der Waals surface area contributed by atoms with Crippen LogP contribution in [0.5, 0.6) is 0 Å². The second kappa shape index (κ2) is 6.13. The summed E-state index contributed by atoms with van der Waals surface area (Å²) in [5.41, 5.74) is 1.21. The molecule has 0 aliphatic rings. The Morgan fingerprint density at radius 2 is 2.00 bits per heavy atom. The number of ether oxygens (including phenoxy) is 1. The van der Waals surface area contributed by atoms with Crippen molar-refractivity contribution in [3.8, 4) is 0 Å². The third kappa shape index (κ3) is 3.42. The quantitative estimate of drug-likeness (QED) is 0.881. The van der Waals surface area contributed by atoms with E-state index in [1.807, 2.05) is 6.92 Å². The lowest BCUT2D eigenvalue weighted by Crippen LogP contribution is -2.13. The van der Waals surface area contributed by atoms with Crippen LogP contribution in [0.4, 0.5) is 10.1 Å². The van der Waals surface area contributed by atoms with Crippen LogP contribution in [0, 0.1) is 12.7 Å². The third-order valence-corrected chi connectivity index (χ3v) is 2.80. The van der Waals surface area contributed by atoms with E-state index in [2.05, 4.69) is 15.0 Å². The van der Waals surface area contributed by atoms with Gasteiger partial charge in [-0.05, 0) is 37.3 Å². The average molecular weight is 288 g/mol. The van der Waals surface area contributed by atoms with Crippen LogP contribution in [0.2, 0.25) is 0 Å². The SMILES string of the molecule is COC(=O)c1cc(NC(=O)c2ccc(C)nc2)ccc1F. The summed E-state index contributed by atoms with van der Waals surface area (Å²) in [7, 11) is 1.16. The highest BCUT2D eigenvalue weighted by Crippen LogP contribution is 2.16. The highest BCUT2D eigenvalue weighted by Gasteiger charge is 2.14. The van der Waals surface area contributed by atoms with Gasteiger partial charge in [0.15, 0.2) is 0 Å². The zero-order valence-corrected chi connectivity index (χ0v) is 11.5. The number of methoxy groups -OCH3 is 1. The molecule has 0 aliphatic heterocycles. The normalized spacial score (nSPS) is 10.0. The molecule has 0 saturated heterocycles. The molecule has 1 aromatic carbocycles. The third-order valence-electron chi connectivity index (χ3n) is 2.80. The largest absolute Gasteiger partial charge is 0.465 e. The van der Waals surface area contributed by atoms with Crippen molar-refractivity contribution in [1.29, 1.82) is 0 Å². The van der Waals surface area contributed by atoms with E-state index in [4.69, 9.17) is 0 Å². The van der Waals surface area contributed by atoms with Crippen LogP contribution < -0.4 is 5.32 Å². The van der Waals surface area contributed by atoms with Gasteiger partial charge in [-0.2, -0.15) is 0 Å². The fourth-order valence-corrected chi connectivity index (χ4v) is 1.67. The van der Waals surface area contributed by atoms with Crippen molar-refractivity contribution in [3.63, 3.8) is 0 Å². The summed E-state index contributed by atoms with van der Waals surface area (Å²) in [6, 6.07) is 7.01. The van der Waals surface area contributed by atoms with Crippen molar-refractivity contribution in [3.05, 3.63) is 59.2 Å². The van der Waals surface area contributed by atoms with Crippen LogP contribution in [-0.4, -0.2) is 24.0 Å². The highest BCUT2D eigenvalue weighted by molar-refractivity contribution is 6.04. The molecule has 0 aliphatic carbocycles. The van der Waals surface area contributed by atoms with Crippen molar-refractivity contribution in [2.45, 2.75) is 6.92 Å². The molecule has 1 N–H and O–H groups in total. The van der Waals surface area contributed by atoms with Gasteiger partial charge in [0.1, 0.15) is 5.82 Å². The number of hydrogen-bond acceptors (Lipinski definition) is 4. The summed E-state index contributed by atoms with van der Waals surface area (Å²) in [4.78, 5) is 27.4. The van der Waals surface area contributed by atoms with Crippen LogP contribution in [-0.2, 0) is 4.74 Å². The van der Waals surface area contributed by atoms with E-state index in [0.717, 1.165) is 18.9 Å². The summed E-state index contributed by atoms with van der Waals surface area (Å²) in [6.07, 6.45) is 1.44. The number of halogens is 1. The number of nitrogens with one attached hydrogen (secondary N) is 1. The van der Waals surface area contributed by atoms with E-state index in [-0.39, 0.29) is 5.56 Å². The molecule has 2 rings (SSSR count). The standard InChI is InChI=1S/C15H13FN2O3/c1-9-3-4-10(8-17-9)14(19)18-11-5-6-13(16)12(7-11)15(20)21-2/h3-8H,1-2H3,(H,18,19). The number of benzene rings is 1. The van der Waals surface area contributed by atoms with Gasteiger partial charge in [0.05, 0.1) is 18.2 Å². The van der Waals surface area contributed by atoms with Gasteiger partial charge in [-0.15, -0.1) is 0 Å². The van der Waals surface area contributed by atoms with Crippen LogP contribution in [0.3, 0.4) is 0 Å². The minimum Gasteiger partial charge on any atom is -0.465 e. The van der Waals surface area contributed by atoms with Gasteiger partial charge < -0.3 is 10.1 Å². The topological polar surface area (TPSA) is 68.3 Å².